The van der Waals surface area contributed by atoms with Gasteiger partial charge in [0.25, 0.3) is 0 Å². The Morgan fingerprint density at radius 3 is 2.44 bits per heavy atom. The number of para-hydroxylation sites is 4. The van der Waals surface area contributed by atoms with Crippen LogP contribution in [0, 0.1) is 0 Å². The van der Waals surface area contributed by atoms with Crippen LogP contribution in [0.15, 0.2) is 52.9 Å². The van der Waals surface area contributed by atoms with E-state index in [1.165, 1.54) is 0 Å². The molecule has 90 valence electrons. The molecule has 2 aromatic carbocycles. The van der Waals surface area contributed by atoms with Crippen LogP contribution in [-0.2, 0) is 0 Å². The van der Waals surface area contributed by atoms with Gasteiger partial charge in [0.1, 0.15) is 5.52 Å². The number of hydrogen-bond acceptors (Lipinski definition) is 4. The number of nitrogens with zero attached hydrogens (tertiary/aromatic N) is 1. The molecule has 1 aromatic heterocycles. The molecule has 0 amide bonds. The molecule has 0 aliphatic rings. The highest BCUT2D eigenvalue weighted by Gasteiger charge is 2.10. The number of hydrogen-bond donors (Lipinski definition) is 0. The minimum Gasteiger partial charge on any atom is -0.493 e. The fourth-order valence-corrected chi connectivity index (χ4v) is 1.69. The topological polar surface area (TPSA) is 44.5 Å². The molecule has 0 N–H and O–H groups in total. The predicted molar refractivity (Wildman–Crippen MR) is 67.1 cm³/mol. The standard InChI is InChI=1S/C14H11NO3/c1-16-12-8-4-5-9-13(12)18-14-15-10-6-2-3-7-11(10)17-14/h2-9H,1H3. The van der Waals surface area contributed by atoms with Crippen LogP contribution in [0.2, 0.25) is 0 Å². The zero-order chi connectivity index (χ0) is 12.4. The van der Waals surface area contributed by atoms with Gasteiger partial charge in [0.2, 0.25) is 0 Å². The zero-order valence-corrected chi connectivity index (χ0v) is 9.79. The van der Waals surface area contributed by atoms with Gasteiger partial charge in [-0.1, -0.05) is 24.3 Å². The summed E-state index contributed by atoms with van der Waals surface area (Å²) in [6.07, 6.45) is 0.209. The molecule has 3 aromatic rings. The van der Waals surface area contributed by atoms with Crippen LogP contribution < -0.4 is 9.47 Å². The summed E-state index contributed by atoms with van der Waals surface area (Å²) in [7, 11) is 1.59. The highest BCUT2D eigenvalue weighted by Crippen LogP contribution is 2.31. The lowest BCUT2D eigenvalue weighted by atomic mass is 10.3. The molecule has 18 heavy (non-hydrogen) atoms. The quantitative estimate of drug-likeness (QED) is 0.702. The lowest BCUT2D eigenvalue weighted by Crippen LogP contribution is -1.89. The Morgan fingerprint density at radius 1 is 0.944 bits per heavy atom. The maximum atomic E-state index is 5.58. The van der Waals surface area contributed by atoms with E-state index in [1.54, 1.807) is 13.2 Å². The summed E-state index contributed by atoms with van der Waals surface area (Å²) < 4.78 is 16.3. The number of fused-ring (bicyclic) bond motifs is 1. The second kappa shape index (κ2) is 4.41. The van der Waals surface area contributed by atoms with Gasteiger partial charge in [0.15, 0.2) is 17.1 Å². The maximum absolute atomic E-state index is 5.58. The van der Waals surface area contributed by atoms with Gasteiger partial charge in [-0.2, -0.15) is 4.98 Å². The van der Waals surface area contributed by atoms with Gasteiger partial charge in [-0.15, -0.1) is 0 Å². The predicted octanol–water partition coefficient (Wildman–Crippen LogP) is 3.63. The molecular formula is C14H11NO3. The van der Waals surface area contributed by atoms with Gasteiger partial charge in [-0.05, 0) is 24.3 Å². The molecule has 0 aliphatic heterocycles. The molecule has 0 saturated carbocycles. The molecule has 4 nitrogen and oxygen atoms in total. The van der Waals surface area contributed by atoms with Crippen molar-refractivity contribution in [3.05, 3.63) is 48.5 Å². The van der Waals surface area contributed by atoms with E-state index in [0.29, 0.717) is 17.1 Å². The molecule has 0 saturated heterocycles. The van der Waals surface area contributed by atoms with E-state index >= 15 is 0 Å². The molecule has 0 unspecified atom stereocenters. The fraction of sp³-hybridized carbons (Fsp3) is 0.0714. The highest BCUT2D eigenvalue weighted by molar-refractivity contribution is 5.72. The summed E-state index contributed by atoms with van der Waals surface area (Å²) in [5.74, 6) is 1.21. The maximum Gasteiger partial charge on any atom is 0.400 e. The van der Waals surface area contributed by atoms with Gasteiger partial charge in [-0.25, -0.2) is 0 Å². The van der Waals surface area contributed by atoms with E-state index in [2.05, 4.69) is 4.98 Å². The molecule has 0 radical (unpaired) electrons. The number of rotatable bonds is 3. The second-order valence-corrected chi connectivity index (χ2v) is 3.70. The lowest BCUT2D eigenvalue weighted by Gasteiger charge is -2.05. The largest absolute Gasteiger partial charge is 0.493 e. The van der Waals surface area contributed by atoms with Crippen molar-refractivity contribution in [2.45, 2.75) is 0 Å². The average Bonchev–Trinajstić information content (AvgIpc) is 2.81. The van der Waals surface area contributed by atoms with Crippen molar-refractivity contribution < 1.29 is 13.9 Å². The molecule has 1 heterocycles. The summed E-state index contributed by atoms with van der Waals surface area (Å²) in [5.41, 5.74) is 1.46. The van der Waals surface area contributed by atoms with E-state index in [1.807, 2.05) is 42.5 Å². The van der Waals surface area contributed by atoms with Crippen LogP contribution in [0.1, 0.15) is 0 Å². The van der Waals surface area contributed by atoms with Gasteiger partial charge in [0, 0.05) is 0 Å². The van der Waals surface area contributed by atoms with Crippen LogP contribution in [0.3, 0.4) is 0 Å². The summed E-state index contributed by atoms with van der Waals surface area (Å²) in [6, 6.07) is 14.9. The molecule has 4 heteroatoms. The number of oxazole rings is 1. The fourth-order valence-electron chi connectivity index (χ4n) is 1.69. The van der Waals surface area contributed by atoms with Crippen molar-refractivity contribution in [3.63, 3.8) is 0 Å². The minimum atomic E-state index is 0.209. The van der Waals surface area contributed by atoms with Crippen LogP contribution in [0.25, 0.3) is 11.1 Å². The third kappa shape index (κ3) is 1.88. The first-order chi connectivity index (χ1) is 8.86. The SMILES string of the molecule is COc1ccccc1Oc1nc2ccccc2o1. The van der Waals surface area contributed by atoms with Gasteiger partial charge in [0.05, 0.1) is 7.11 Å². The van der Waals surface area contributed by atoms with E-state index in [-0.39, 0.29) is 6.08 Å². The van der Waals surface area contributed by atoms with Crippen LogP contribution >= 0.6 is 0 Å². The molecule has 0 bridgehead atoms. The molecule has 0 fully saturated rings. The molecule has 3 rings (SSSR count). The van der Waals surface area contributed by atoms with Crippen molar-refractivity contribution in [3.8, 4) is 17.6 Å². The van der Waals surface area contributed by atoms with Crippen LogP contribution in [-0.4, -0.2) is 12.1 Å². The summed E-state index contributed by atoms with van der Waals surface area (Å²) in [5, 5.41) is 0. The molecular weight excluding hydrogens is 230 g/mol. The highest BCUT2D eigenvalue weighted by atomic mass is 16.6. The Bertz CT molecular complexity index is 642. The van der Waals surface area contributed by atoms with Crippen LogP contribution in [0.5, 0.6) is 17.6 Å². The zero-order valence-electron chi connectivity index (χ0n) is 9.79. The van der Waals surface area contributed by atoms with E-state index in [0.717, 1.165) is 5.52 Å². The van der Waals surface area contributed by atoms with Gasteiger partial charge >= 0.3 is 6.08 Å². The lowest BCUT2D eigenvalue weighted by molar-refractivity contribution is 0.319. The Morgan fingerprint density at radius 2 is 1.67 bits per heavy atom. The van der Waals surface area contributed by atoms with Crippen molar-refractivity contribution in [2.24, 2.45) is 0 Å². The number of aromatic nitrogens is 1. The first kappa shape index (κ1) is 10.7. The Balaban J connectivity index is 1.96. The summed E-state index contributed by atoms with van der Waals surface area (Å²) in [4.78, 5) is 4.24. The Kier molecular flexibility index (Phi) is 2.61. The summed E-state index contributed by atoms with van der Waals surface area (Å²) >= 11 is 0. The summed E-state index contributed by atoms with van der Waals surface area (Å²) in [6.45, 7) is 0. The second-order valence-electron chi connectivity index (χ2n) is 3.70. The smallest absolute Gasteiger partial charge is 0.400 e. The first-order valence-electron chi connectivity index (χ1n) is 5.53. The molecule has 0 atom stereocenters. The monoisotopic (exact) mass is 241 g/mol. The molecule has 0 aliphatic carbocycles. The minimum absolute atomic E-state index is 0.209. The van der Waals surface area contributed by atoms with Crippen LogP contribution in [0.4, 0.5) is 0 Å². The van der Waals surface area contributed by atoms with Crippen molar-refractivity contribution in [1.29, 1.82) is 0 Å². The number of methoxy groups -OCH3 is 1. The van der Waals surface area contributed by atoms with Crippen molar-refractivity contribution in [2.75, 3.05) is 7.11 Å². The van der Waals surface area contributed by atoms with Crippen molar-refractivity contribution >= 4 is 11.1 Å². The van der Waals surface area contributed by atoms with E-state index in [9.17, 15) is 0 Å². The molecule has 0 spiro atoms. The third-order valence-corrected chi connectivity index (χ3v) is 2.54. The van der Waals surface area contributed by atoms with Gasteiger partial charge < -0.3 is 13.9 Å². The Labute approximate surface area is 104 Å². The number of ether oxygens (including phenoxy) is 2. The number of benzene rings is 2. The Hall–Kier alpha value is -2.49. The van der Waals surface area contributed by atoms with Crippen molar-refractivity contribution in [1.82, 2.24) is 4.98 Å². The third-order valence-electron chi connectivity index (χ3n) is 2.54. The average molecular weight is 241 g/mol. The normalized spacial score (nSPS) is 10.5. The van der Waals surface area contributed by atoms with Gasteiger partial charge in [-0.3, -0.25) is 0 Å². The van der Waals surface area contributed by atoms with E-state index in [4.69, 9.17) is 13.9 Å². The first-order valence-corrected chi connectivity index (χ1v) is 5.53. The van der Waals surface area contributed by atoms with E-state index < -0.39 is 0 Å².